The number of ether oxygens (including phenoxy) is 1. The van der Waals surface area contributed by atoms with Crippen molar-refractivity contribution in [2.75, 3.05) is 7.11 Å². The average Bonchev–Trinajstić information content (AvgIpc) is 2.63. The molecule has 0 atom stereocenters. The summed E-state index contributed by atoms with van der Waals surface area (Å²) < 4.78 is 9.78. The quantitative estimate of drug-likeness (QED) is 0.411. The van der Waals surface area contributed by atoms with Gasteiger partial charge >= 0.3 is 0 Å². The molecular weight excluding hydrogens is 284 g/mol. The van der Waals surface area contributed by atoms with E-state index in [1.165, 1.54) is 28.0 Å². The van der Waals surface area contributed by atoms with E-state index in [0.717, 1.165) is 5.75 Å². The van der Waals surface area contributed by atoms with Crippen molar-refractivity contribution in [2.24, 2.45) is 0 Å². The molecule has 1 aromatic carbocycles. The van der Waals surface area contributed by atoms with Crippen LogP contribution in [0.5, 0.6) is 5.75 Å². The van der Waals surface area contributed by atoms with E-state index in [0.29, 0.717) is 0 Å². The number of benzene rings is 1. The second kappa shape index (κ2) is 5.36. The zero-order valence-electron chi connectivity index (χ0n) is 13.2. The molecule has 0 unspecified atom stereocenters. The van der Waals surface area contributed by atoms with Crippen LogP contribution in [-0.2, 0) is 0 Å². The first-order valence-corrected chi connectivity index (χ1v) is 7.67. The second-order valence-electron chi connectivity index (χ2n) is 5.57. The van der Waals surface area contributed by atoms with Crippen LogP contribution in [0.3, 0.4) is 0 Å². The minimum Gasteiger partial charge on any atom is -0.497 e. The molecule has 4 rings (SSSR count). The number of hydrogen-bond donors (Lipinski definition) is 0. The van der Waals surface area contributed by atoms with Crippen LogP contribution in [0.25, 0.3) is 22.3 Å². The van der Waals surface area contributed by atoms with Crippen molar-refractivity contribution in [1.82, 2.24) is 0 Å². The van der Waals surface area contributed by atoms with Crippen LogP contribution in [0.1, 0.15) is 5.69 Å². The predicted molar refractivity (Wildman–Crippen MR) is 89.5 cm³/mol. The number of pyridine rings is 2. The molecule has 0 spiro atoms. The predicted octanol–water partition coefficient (Wildman–Crippen LogP) is 3.15. The Labute approximate surface area is 135 Å². The third kappa shape index (κ3) is 2.13. The standard InChI is InChI=1S/C20H18N2O/c1-15-20(16-9-11-17(23-2)12-10-16)22-14-6-4-8-19(22)18-7-3-5-13-21(15)18/h3-14H,1-2H3/q+2. The maximum atomic E-state index is 5.28. The van der Waals surface area contributed by atoms with Crippen molar-refractivity contribution in [1.29, 1.82) is 0 Å². The summed E-state index contributed by atoms with van der Waals surface area (Å²) >= 11 is 0. The molecule has 0 N–H and O–H groups in total. The fraction of sp³-hybridized carbons (Fsp3) is 0.100. The lowest BCUT2D eigenvalue weighted by Gasteiger charge is -2.04. The molecule has 0 bridgehead atoms. The summed E-state index contributed by atoms with van der Waals surface area (Å²) in [5.41, 5.74) is 5.94. The van der Waals surface area contributed by atoms with E-state index in [1.54, 1.807) is 7.11 Å². The molecule has 3 nitrogen and oxygen atoms in total. The van der Waals surface area contributed by atoms with Crippen LogP contribution in [0.15, 0.2) is 73.1 Å². The van der Waals surface area contributed by atoms with Crippen LogP contribution in [-0.4, -0.2) is 7.11 Å². The Morgan fingerprint density at radius 2 is 1.35 bits per heavy atom. The average molecular weight is 302 g/mol. The Morgan fingerprint density at radius 3 is 2.00 bits per heavy atom. The van der Waals surface area contributed by atoms with E-state index in [9.17, 15) is 0 Å². The monoisotopic (exact) mass is 302 g/mol. The molecule has 112 valence electrons. The Balaban J connectivity index is 2.13. The maximum absolute atomic E-state index is 5.28. The Hall–Kier alpha value is -2.94. The molecule has 23 heavy (non-hydrogen) atoms. The van der Waals surface area contributed by atoms with Crippen LogP contribution in [0.2, 0.25) is 0 Å². The minimum atomic E-state index is 0.870. The summed E-state index contributed by atoms with van der Waals surface area (Å²) in [4.78, 5) is 0. The summed E-state index contributed by atoms with van der Waals surface area (Å²) in [6.07, 6.45) is 4.24. The fourth-order valence-electron chi connectivity index (χ4n) is 3.18. The molecule has 0 aliphatic heterocycles. The topological polar surface area (TPSA) is 17.4 Å². The number of fused-ring (bicyclic) bond motifs is 3. The Bertz CT molecular complexity index is 1010. The number of nitrogens with zero attached hydrogens (tertiary/aromatic N) is 2. The van der Waals surface area contributed by atoms with Crippen LogP contribution >= 0.6 is 0 Å². The second-order valence-corrected chi connectivity index (χ2v) is 5.57. The van der Waals surface area contributed by atoms with Crippen molar-refractivity contribution >= 4 is 11.0 Å². The zero-order chi connectivity index (χ0) is 15.8. The van der Waals surface area contributed by atoms with Gasteiger partial charge in [0.25, 0.3) is 22.4 Å². The van der Waals surface area contributed by atoms with Crippen molar-refractivity contribution in [3.05, 3.63) is 78.8 Å². The first kappa shape index (κ1) is 13.7. The van der Waals surface area contributed by atoms with E-state index in [4.69, 9.17) is 4.74 Å². The van der Waals surface area contributed by atoms with Gasteiger partial charge in [-0.1, -0.05) is 0 Å². The highest BCUT2D eigenvalue weighted by molar-refractivity contribution is 5.69. The molecule has 4 aromatic rings. The van der Waals surface area contributed by atoms with Gasteiger partial charge in [-0.2, -0.15) is 4.40 Å². The number of methoxy groups -OCH3 is 1. The maximum Gasteiger partial charge on any atom is 0.286 e. The third-order valence-electron chi connectivity index (χ3n) is 4.29. The Kier molecular flexibility index (Phi) is 3.19. The normalized spacial score (nSPS) is 11.0. The number of aromatic nitrogens is 2. The smallest absolute Gasteiger partial charge is 0.286 e. The van der Waals surface area contributed by atoms with E-state index in [2.05, 4.69) is 76.6 Å². The summed E-state index contributed by atoms with van der Waals surface area (Å²) in [7, 11) is 1.69. The summed E-state index contributed by atoms with van der Waals surface area (Å²) in [5.74, 6) is 0.870. The molecule has 3 aromatic heterocycles. The Morgan fingerprint density at radius 1 is 0.739 bits per heavy atom. The zero-order valence-corrected chi connectivity index (χ0v) is 13.2. The van der Waals surface area contributed by atoms with Gasteiger partial charge in [0.1, 0.15) is 5.75 Å². The highest BCUT2D eigenvalue weighted by Gasteiger charge is 2.26. The largest absolute Gasteiger partial charge is 0.497 e. The molecule has 0 radical (unpaired) electrons. The fourth-order valence-corrected chi connectivity index (χ4v) is 3.18. The highest BCUT2D eigenvalue weighted by Crippen LogP contribution is 2.22. The molecule has 0 aliphatic rings. The SMILES string of the molecule is COc1ccc(-c2c(C)[n+]3ccccc3c3cccc[n+]23)cc1. The van der Waals surface area contributed by atoms with Gasteiger partial charge in [0.15, 0.2) is 12.4 Å². The molecule has 0 aliphatic carbocycles. The van der Waals surface area contributed by atoms with Crippen molar-refractivity contribution in [2.45, 2.75) is 6.92 Å². The molecule has 0 fully saturated rings. The molecule has 0 saturated heterocycles. The van der Waals surface area contributed by atoms with Crippen molar-refractivity contribution in [3.63, 3.8) is 0 Å². The van der Waals surface area contributed by atoms with Gasteiger partial charge in [0.05, 0.1) is 12.7 Å². The minimum absolute atomic E-state index is 0.870. The van der Waals surface area contributed by atoms with Gasteiger partial charge in [-0.05, 0) is 36.4 Å². The summed E-state index contributed by atoms with van der Waals surface area (Å²) in [6, 6.07) is 20.8. The van der Waals surface area contributed by atoms with Gasteiger partial charge in [-0.15, -0.1) is 4.40 Å². The van der Waals surface area contributed by atoms with Gasteiger partial charge in [-0.25, -0.2) is 0 Å². The van der Waals surface area contributed by atoms with Gasteiger partial charge in [0, 0.05) is 31.2 Å². The number of hydrogen-bond acceptors (Lipinski definition) is 1. The molecule has 3 heteroatoms. The van der Waals surface area contributed by atoms with Crippen LogP contribution < -0.4 is 13.5 Å². The van der Waals surface area contributed by atoms with E-state index in [1.807, 2.05) is 12.1 Å². The first-order chi connectivity index (χ1) is 11.3. The lowest BCUT2D eigenvalue weighted by atomic mass is 10.1. The summed E-state index contributed by atoms with van der Waals surface area (Å²) in [6.45, 7) is 2.16. The lowest BCUT2D eigenvalue weighted by molar-refractivity contribution is -0.562. The molecule has 0 saturated carbocycles. The third-order valence-corrected chi connectivity index (χ3v) is 4.29. The van der Waals surface area contributed by atoms with E-state index in [-0.39, 0.29) is 0 Å². The molecule has 3 heterocycles. The first-order valence-electron chi connectivity index (χ1n) is 7.67. The van der Waals surface area contributed by atoms with Crippen molar-refractivity contribution in [3.8, 4) is 17.0 Å². The number of aryl methyl sites for hydroxylation is 1. The van der Waals surface area contributed by atoms with Gasteiger partial charge < -0.3 is 4.74 Å². The highest BCUT2D eigenvalue weighted by atomic mass is 16.5. The number of rotatable bonds is 2. The van der Waals surface area contributed by atoms with E-state index < -0.39 is 0 Å². The van der Waals surface area contributed by atoms with Gasteiger partial charge in [-0.3, -0.25) is 0 Å². The van der Waals surface area contributed by atoms with Crippen molar-refractivity contribution < 1.29 is 13.5 Å². The van der Waals surface area contributed by atoms with Crippen LogP contribution in [0.4, 0.5) is 0 Å². The summed E-state index contributed by atoms with van der Waals surface area (Å²) in [5, 5.41) is 0. The van der Waals surface area contributed by atoms with Gasteiger partial charge in [0.2, 0.25) is 0 Å². The van der Waals surface area contributed by atoms with E-state index >= 15 is 0 Å². The van der Waals surface area contributed by atoms with Crippen LogP contribution in [0, 0.1) is 6.92 Å². The molecular formula is C20H18N2O+2. The lowest BCUT2D eigenvalue weighted by Crippen LogP contribution is -2.37. The molecule has 0 amide bonds.